The van der Waals surface area contributed by atoms with E-state index >= 15 is 0 Å². The van der Waals surface area contributed by atoms with Crippen molar-refractivity contribution in [2.45, 2.75) is 37.9 Å². The summed E-state index contributed by atoms with van der Waals surface area (Å²) in [6.45, 7) is 3.83. The molecule has 0 unspecified atom stereocenters. The third-order valence-corrected chi connectivity index (χ3v) is 6.36. The number of hydrogen-bond donors (Lipinski definition) is 1. The molecule has 1 saturated heterocycles. The number of rotatable bonds is 6. The third-order valence-electron chi connectivity index (χ3n) is 3.51. The quantitative estimate of drug-likeness (QED) is 0.750. The van der Waals surface area contributed by atoms with E-state index in [2.05, 4.69) is 15.5 Å². The zero-order chi connectivity index (χ0) is 16.3. The SMILES string of the molecule is CC(C)NC(=O)CSc1nnc(C[C@H]2CCS(=O)(=O)C2)n1C. The summed E-state index contributed by atoms with van der Waals surface area (Å²) in [4.78, 5) is 11.6. The summed E-state index contributed by atoms with van der Waals surface area (Å²) in [7, 11) is -1.02. The highest BCUT2D eigenvalue weighted by Gasteiger charge is 2.29. The molecule has 1 atom stereocenters. The van der Waals surface area contributed by atoms with Crippen LogP contribution in [0.1, 0.15) is 26.1 Å². The first-order valence-corrected chi connectivity index (χ1v) is 10.1. The minimum absolute atomic E-state index is 0.0357. The molecule has 0 bridgehead atoms. The van der Waals surface area contributed by atoms with Crippen LogP contribution in [0.25, 0.3) is 0 Å². The number of sulfone groups is 1. The van der Waals surface area contributed by atoms with Crippen LogP contribution in [0.3, 0.4) is 0 Å². The van der Waals surface area contributed by atoms with Crippen molar-refractivity contribution in [3.8, 4) is 0 Å². The third kappa shape index (κ3) is 4.70. The normalized spacial score (nSPS) is 20.5. The molecule has 0 radical (unpaired) electrons. The molecule has 9 heteroatoms. The van der Waals surface area contributed by atoms with Gasteiger partial charge in [0.15, 0.2) is 15.0 Å². The minimum atomic E-state index is -2.87. The Morgan fingerprint density at radius 1 is 1.45 bits per heavy atom. The summed E-state index contributed by atoms with van der Waals surface area (Å²) in [5.74, 6) is 1.66. The number of carbonyl (C=O) groups is 1. The monoisotopic (exact) mass is 346 g/mol. The van der Waals surface area contributed by atoms with Crippen LogP contribution >= 0.6 is 11.8 Å². The average molecular weight is 346 g/mol. The molecule has 7 nitrogen and oxygen atoms in total. The summed E-state index contributed by atoms with van der Waals surface area (Å²) in [6.07, 6.45) is 1.30. The Bertz CT molecular complexity index is 640. The van der Waals surface area contributed by atoms with Gasteiger partial charge in [-0.05, 0) is 26.2 Å². The zero-order valence-electron chi connectivity index (χ0n) is 13.1. The lowest BCUT2D eigenvalue weighted by atomic mass is 10.1. The van der Waals surface area contributed by atoms with Gasteiger partial charge in [0.2, 0.25) is 5.91 Å². The smallest absolute Gasteiger partial charge is 0.230 e. The van der Waals surface area contributed by atoms with E-state index in [1.165, 1.54) is 11.8 Å². The first-order valence-electron chi connectivity index (χ1n) is 7.27. The van der Waals surface area contributed by atoms with Crippen LogP contribution in [0.2, 0.25) is 0 Å². The minimum Gasteiger partial charge on any atom is -0.353 e. The predicted molar refractivity (Wildman–Crippen MR) is 85.5 cm³/mol. The highest BCUT2D eigenvalue weighted by molar-refractivity contribution is 7.99. The molecular formula is C13H22N4O3S2. The fourth-order valence-electron chi connectivity index (χ4n) is 2.43. The topological polar surface area (TPSA) is 94.0 Å². The van der Waals surface area contributed by atoms with Crippen molar-refractivity contribution < 1.29 is 13.2 Å². The fourth-order valence-corrected chi connectivity index (χ4v) is 5.04. The Hall–Kier alpha value is -1.09. The molecule has 1 amide bonds. The predicted octanol–water partition coefficient (Wildman–Crippen LogP) is 0.409. The first-order chi connectivity index (χ1) is 10.3. The van der Waals surface area contributed by atoms with E-state index in [9.17, 15) is 13.2 Å². The largest absolute Gasteiger partial charge is 0.353 e. The molecule has 2 rings (SSSR count). The van der Waals surface area contributed by atoms with Crippen molar-refractivity contribution in [2.75, 3.05) is 17.3 Å². The van der Waals surface area contributed by atoms with Crippen molar-refractivity contribution >= 4 is 27.5 Å². The lowest BCUT2D eigenvalue weighted by Gasteiger charge is -2.09. The summed E-state index contributed by atoms with van der Waals surface area (Å²) < 4.78 is 24.8. The van der Waals surface area contributed by atoms with Crippen LogP contribution in [0.4, 0.5) is 0 Å². The van der Waals surface area contributed by atoms with Gasteiger partial charge in [-0.15, -0.1) is 10.2 Å². The number of aromatic nitrogens is 3. The Kier molecular flexibility index (Phi) is 5.49. The molecule has 1 aromatic rings. The van der Waals surface area contributed by atoms with Crippen LogP contribution in [-0.2, 0) is 28.1 Å². The van der Waals surface area contributed by atoms with Crippen LogP contribution in [-0.4, -0.2) is 52.4 Å². The van der Waals surface area contributed by atoms with Gasteiger partial charge in [0, 0.05) is 19.5 Å². The van der Waals surface area contributed by atoms with Gasteiger partial charge in [-0.2, -0.15) is 0 Å². The first kappa shape index (κ1) is 17.3. The Morgan fingerprint density at radius 3 is 2.77 bits per heavy atom. The van der Waals surface area contributed by atoms with E-state index in [1.807, 2.05) is 25.5 Å². The van der Waals surface area contributed by atoms with Crippen LogP contribution < -0.4 is 5.32 Å². The highest BCUT2D eigenvalue weighted by Crippen LogP contribution is 2.23. The molecule has 0 saturated carbocycles. The van der Waals surface area contributed by atoms with Crippen LogP contribution in [0.15, 0.2) is 5.16 Å². The van der Waals surface area contributed by atoms with Gasteiger partial charge in [-0.3, -0.25) is 4.79 Å². The van der Waals surface area contributed by atoms with Crippen molar-refractivity contribution in [1.29, 1.82) is 0 Å². The molecule has 1 aliphatic rings. The van der Waals surface area contributed by atoms with Gasteiger partial charge < -0.3 is 9.88 Å². The molecule has 1 aliphatic heterocycles. The Labute approximate surface area is 135 Å². The Morgan fingerprint density at radius 2 is 2.18 bits per heavy atom. The average Bonchev–Trinajstić information content (AvgIpc) is 2.91. The highest BCUT2D eigenvalue weighted by atomic mass is 32.2. The number of thioether (sulfide) groups is 1. The van der Waals surface area contributed by atoms with E-state index in [0.29, 0.717) is 23.8 Å². The number of nitrogens with one attached hydrogen (secondary N) is 1. The van der Waals surface area contributed by atoms with Gasteiger partial charge in [-0.25, -0.2) is 8.42 Å². The van der Waals surface area contributed by atoms with Gasteiger partial charge in [0.1, 0.15) is 5.82 Å². The van der Waals surface area contributed by atoms with Gasteiger partial charge >= 0.3 is 0 Å². The summed E-state index contributed by atoms with van der Waals surface area (Å²) in [5, 5.41) is 11.7. The van der Waals surface area contributed by atoms with Crippen molar-refractivity contribution in [1.82, 2.24) is 20.1 Å². The second kappa shape index (κ2) is 6.99. The summed E-state index contributed by atoms with van der Waals surface area (Å²) in [5.41, 5.74) is 0. The van der Waals surface area contributed by atoms with E-state index in [-0.39, 0.29) is 29.4 Å². The van der Waals surface area contributed by atoms with E-state index in [1.54, 1.807) is 0 Å². The van der Waals surface area contributed by atoms with E-state index < -0.39 is 9.84 Å². The summed E-state index contributed by atoms with van der Waals surface area (Å²) >= 11 is 1.33. The molecule has 124 valence electrons. The van der Waals surface area contributed by atoms with Gasteiger partial charge in [-0.1, -0.05) is 11.8 Å². The second-order valence-corrected chi connectivity index (χ2v) is 9.11. The maximum absolute atomic E-state index is 11.6. The molecule has 0 aliphatic carbocycles. The van der Waals surface area contributed by atoms with Crippen LogP contribution in [0.5, 0.6) is 0 Å². The van der Waals surface area contributed by atoms with E-state index in [4.69, 9.17) is 0 Å². The van der Waals surface area contributed by atoms with Crippen molar-refractivity contribution in [3.63, 3.8) is 0 Å². The molecule has 0 spiro atoms. The van der Waals surface area contributed by atoms with Crippen molar-refractivity contribution in [2.24, 2.45) is 13.0 Å². The number of hydrogen-bond acceptors (Lipinski definition) is 6. The molecule has 0 aromatic carbocycles. The number of amides is 1. The lowest BCUT2D eigenvalue weighted by molar-refractivity contribution is -0.119. The fraction of sp³-hybridized carbons (Fsp3) is 0.769. The molecule has 2 heterocycles. The molecule has 1 N–H and O–H groups in total. The maximum atomic E-state index is 11.6. The van der Waals surface area contributed by atoms with Gasteiger partial charge in [0.05, 0.1) is 17.3 Å². The molecular weight excluding hydrogens is 324 g/mol. The van der Waals surface area contributed by atoms with Crippen LogP contribution in [0, 0.1) is 5.92 Å². The second-order valence-electron chi connectivity index (χ2n) is 5.94. The summed E-state index contributed by atoms with van der Waals surface area (Å²) in [6, 6.07) is 0.118. The molecule has 22 heavy (non-hydrogen) atoms. The van der Waals surface area contributed by atoms with Gasteiger partial charge in [0.25, 0.3) is 0 Å². The maximum Gasteiger partial charge on any atom is 0.230 e. The molecule has 1 aromatic heterocycles. The number of carbonyl (C=O) groups excluding carboxylic acids is 1. The number of nitrogens with zero attached hydrogens (tertiary/aromatic N) is 3. The zero-order valence-corrected chi connectivity index (χ0v) is 14.7. The molecule has 1 fully saturated rings. The van der Waals surface area contributed by atoms with E-state index in [0.717, 1.165) is 5.82 Å². The Balaban J connectivity index is 1.91. The standard InChI is InChI=1S/C13H22N4O3S2/c1-9(2)14-12(18)7-21-13-16-15-11(17(13)3)6-10-4-5-22(19,20)8-10/h9-10H,4-8H2,1-3H3,(H,14,18)/t10-/m1/s1. The van der Waals surface area contributed by atoms with Crippen molar-refractivity contribution in [3.05, 3.63) is 5.82 Å². The lowest BCUT2D eigenvalue weighted by Crippen LogP contribution is -2.31.